The average Bonchev–Trinajstić information content (AvgIpc) is 2.65. The first-order chi connectivity index (χ1) is 5.86. The molecule has 0 fully saturated rings. The molecule has 12 heavy (non-hydrogen) atoms. The summed E-state index contributed by atoms with van der Waals surface area (Å²) in [7, 11) is 0. The van der Waals surface area contributed by atoms with Crippen LogP contribution in [-0.4, -0.2) is 19.9 Å². The van der Waals surface area contributed by atoms with Gasteiger partial charge < -0.3 is 4.57 Å². The number of aromatic nitrogens is 4. The van der Waals surface area contributed by atoms with E-state index in [4.69, 9.17) is 0 Å². The lowest BCUT2D eigenvalue weighted by atomic mass is 10.3. The van der Waals surface area contributed by atoms with E-state index in [1.54, 1.807) is 12.5 Å². The Hall–Kier alpha value is -1.65. The van der Waals surface area contributed by atoms with Gasteiger partial charge in [0.05, 0.1) is 12.9 Å². The molecule has 2 aromatic heterocycles. The molecular weight excluding hydrogens is 156 g/mol. The molecule has 0 aliphatic heterocycles. The molecule has 0 radical (unpaired) electrons. The minimum absolute atomic E-state index is 0.662. The van der Waals surface area contributed by atoms with Crippen LogP contribution >= 0.6 is 0 Å². The third-order valence-corrected chi connectivity index (χ3v) is 1.64. The van der Waals surface area contributed by atoms with Gasteiger partial charge in [-0.15, -0.1) is 0 Å². The van der Waals surface area contributed by atoms with Gasteiger partial charge >= 0.3 is 0 Å². The molecule has 0 spiro atoms. The molecule has 0 aliphatic rings. The van der Waals surface area contributed by atoms with Gasteiger partial charge in [-0.2, -0.15) is 0 Å². The fourth-order valence-electron chi connectivity index (χ4n) is 0.946. The van der Waals surface area contributed by atoms with Crippen molar-refractivity contribution >= 4 is 0 Å². The summed E-state index contributed by atoms with van der Waals surface area (Å²) < 4.78 is 6.47. The Morgan fingerprint density at radius 1 is 1.50 bits per heavy atom. The average molecular weight is 164 g/mol. The van der Waals surface area contributed by atoms with E-state index in [1.165, 1.54) is 0 Å². The molecule has 0 amide bonds. The first-order valence-corrected chi connectivity index (χ1v) is 3.60. The monoisotopic (exact) mass is 164 g/mol. The molecule has 0 saturated heterocycles. The minimum atomic E-state index is 0.662. The molecule has 0 aliphatic carbocycles. The van der Waals surface area contributed by atoms with Crippen LogP contribution in [0.5, 0.6) is 0 Å². The Balaban J connectivity index is 2.20. The van der Waals surface area contributed by atoms with Gasteiger partial charge in [0, 0.05) is 12.4 Å². The lowest BCUT2D eigenvalue weighted by Crippen LogP contribution is -1.98. The molecule has 2 aromatic rings. The maximum absolute atomic E-state index is 4.56. The van der Waals surface area contributed by atoms with E-state index in [0.717, 1.165) is 11.4 Å². The van der Waals surface area contributed by atoms with Crippen LogP contribution in [0.4, 0.5) is 0 Å². The van der Waals surface area contributed by atoms with Gasteiger partial charge in [-0.3, -0.25) is 0 Å². The van der Waals surface area contributed by atoms with E-state index < -0.39 is 0 Å². The highest BCUT2D eigenvalue weighted by molar-refractivity contribution is 5.05. The van der Waals surface area contributed by atoms with E-state index in [1.807, 2.05) is 17.7 Å². The lowest BCUT2D eigenvalue weighted by molar-refractivity contribution is 0.300. The van der Waals surface area contributed by atoms with Crippen molar-refractivity contribution in [1.82, 2.24) is 19.9 Å². The van der Waals surface area contributed by atoms with Crippen molar-refractivity contribution in [1.29, 1.82) is 0 Å². The number of nitrogens with zero attached hydrogens (tertiary/aromatic N) is 4. The number of imidazole rings is 1. The van der Waals surface area contributed by atoms with Gasteiger partial charge in [0.1, 0.15) is 11.4 Å². The first-order valence-electron chi connectivity index (χ1n) is 3.60. The van der Waals surface area contributed by atoms with Crippen LogP contribution in [0.25, 0.3) is 0 Å². The van der Waals surface area contributed by atoms with Crippen molar-refractivity contribution in [3.05, 3.63) is 30.1 Å². The molecule has 0 atom stereocenters. The molecule has 0 saturated carbocycles. The second-order valence-corrected chi connectivity index (χ2v) is 2.53. The smallest absolute Gasteiger partial charge is 0.127 e. The molecule has 2 rings (SSSR count). The van der Waals surface area contributed by atoms with E-state index in [9.17, 15) is 0 Å². The molecular formula is C7H8N4O. The van der Waals surface area contributed by atoms with Crippen molar-refractivity contribution in [3.63, 3.8) is 0 Å². The number of hydrogen-bond acceptors (Lipinski definition) is 4. The standard InChI is InChI=1S/C7H8N4O/c1-6-7(10-12-9-6)4-11-3-2-8-5-11/h2-3,5H,4H2,1H3. The molecule has 5 heteroatoms. The third-order valence-electron chi connectivity index (χ3n) is 1.64. The van der Waals surface area contributed by atoms with Gasteiger partial charge in [0.25, 0.3) is 0 Å². The normalized spacial score (nSPS) is 10.4. The van der Waals surface area contributed by atoms with Crippen LogP contribution in [-0.2, 0) is 6.54 Å². The third kappa shape index (κ3) is 1.20. The minimum Gasteiger partial charge on any atom is -0.331 e. The molecule has 0 unspecified atom stereocenters. The second-order valence-electron chi connectivity index (χ2n) is 2.53. The van der Waals surface area contributed by atoms with E-state index in [-0.39, 0.29) is 0 Å². The highest BCUT2D eigenvalue weighted by Crippen LogP contribution is 2.02. The largest absolute Gasteiger partial charge is 0.331 e. The van der Waals surface area contributed by atoms with Crippen molar-refractivity contribution in [2.45, 2.75) is 13.5 Å². The van der Waals surface area contributed by atoms with E-state index >= 15 is 0 Å². The Morgan fingerprint density at radius 2 is 2.42 bits per heavy atom. The quantitative estimate of drug-likeness (QED) is 0.653. The Labute approximate surface area is 69.0 Å². The summed E-state index contributed by atoms with van der Waals surface area (Å²) in [5.74, 6) is 0. The molecule has 5 nitrogen and oxygen atoms in total. The fraction of sp³-hybridized carbons (Fsp3) is 0.286. The van der Waals surface area contributed by atoms with Gasteiger partial charge in [-0.05, 0) is 6.92 Å². The fourth-order valence-corrected chi connectivity index (χ4v) is 0.946. The lowest BCUT2D eigenvalue weighted by Gasteiger charge is -1.95. The highest BCUT2D eigenvalue weighted by atomic mass is 16.6. The highest BCUT2D eigenvalue weighted by Gasteiger charge is 2.04. The predicted molar refractivity (Wildman–Crippen MR) is 40.4 cm³/mol. The van der Waals surface area contributed by atoms with Gasteiger partial charge in [-0.25, -0.2) is 9.61 Å². The van der Waals surface area contributed by atoms with Crippen molar-refractivity contribution < 1.29 is 4.63 Å². The second kappa shape index (κ2) is 2.77. The van der Waals surface area contributed by atoms with E-state index in [0.29, 0.717) is 6.54 Å². The molecule has 0 N–H and O–H groups in total. The van der Waals surface area contributed by atoms with Crippen molar-refractivity contribution in [2.75, 3.05) is 0 Å². The number of aryl methyl sites for hydroxylation is 1. The zero-order valence-corrected chi connectivity index (χ0v) is 6.64. The zero-order chi connectivity index (χ0) is 8.39. The maximum Gasteiger partial charge on any atom is 0.127 e. The SMILES string of the molecule is Cc1nonc1Cn1ccnc1. The summed E-state index contributed by atoms with van der Waals surface area (Å²) in [6.45, 7) is 2.53. The van der Waals surface area contributed by atoms with Gasteiger partial charge in [-0.1, -0.05) is 10.3 Å². The van der Waals surface area contributed by atoms with Crippen molar-refractivity contribution in [3.8, 4) is 0 Å². The van der Waals surface area contributed by atoms with Crippen LogP contribution in [0.2, 0.25) is 0 Å². The Kier molecular flexibility index (Phi) is 1.62. The summed E-state index contributed by atoms with van der Waals surface area (Å²) in [6.07, 6.45) is 5.32. The van der Waals surface area contributed by atoms with Crippen molar-refractivity contribution in [2.24, 2.45) is 0 Å². The zero-order valence-electron chi connectivity index (χ0n) is 6.64. The first kappa shape index (κ1) is 7.02. The van der Waals surface area contributed by atoms with Crippen LogP contribution in [0, 0.1) is 6.92 Å². The van der Waals surface area contributed by atoms with Gasteiger partial charge in [0.2, 0.25) is 0 Å². The van der Waals surface area contributed by atoms with Crippen LogP contribution < -0.4 is 0 Å². The Morgan fingerprint density at radius 3 is 3.00 bits per heavy atom. The summed E-state index contributed by atoms with van der Waals surface area (Å²) in [6, 6.07) is 0. The molecule has 0 aromatic carbocycles. The van der Waals surface area contributed by atoms with Crippen LogP contribution in [0.15, 0.2) is 23.4 Å². The number of hydrogen-bond donors (Lipinski definition) is 0. The van der Waals surface area contributed by atoms with Crippen LogP contribution in [0.3, 0.4) is 0 Å². The van der Waals surface area contributed by atoms with Gasteiger partial charge in [0.15, 0.2) is 0 Å². The molecule has 0 bridgehead atoms. The Bertz CT molecular complexity index is 351. The molecule has 62 valence electrons. The summed E-state index contributed by atoms with van der Waals surface area (Å²) in [4.78, 5) is 3.92. The topological polar surface area (TPSA) is 56.7 Å². The predicted octanol–water partition coefficient (Wildman–Crippen LogP) is 0.623. The maximum atomic E-state index is 4.56. The van der Waals surface area contributed by atoms with E-state index in [2.05, 4.69) is 19.9 Å². The summed E-state index contributed by atoms with van der Waals surface area (Å²) >= 11 is 0. The summed E-state index contributed by atoms with van der Waals surface area (Å²) in [5, 5.41) is 7.43. The van der Waals surface area contributed by atoms with Crippen LogP contribution in [0.1, 0.15) is 11.4 Å². The summed E-state index contributed by atoms with van der Waals surface area (Å²) in [5.41, 5.74) is 1.66. The number of rotatable bonds is 2. The molecule has 2 heterocycles.